The van der Waals surface area contributed by atoms with Crippen molar-refractivity contribution in [2.24, 2.45) is 5.41 Å². The first kappa shape index (κ1) is 27.8. The molecule has 10 nitrogen and oxygen atoms in total. The SMILES string of the molecule is COc1cc(C(=O)OCCOCCOCCO[N+](=O)[O-])ccc1OS(C)(C)CC(C)(C)C. The Bertz CT molecular complexity index is 734. The van der Waals surface area contributed by atoms with E-state index in [1.807, 2.05) is 0 Å². The summed E-state index contributed by atoms with van der Waals surface area (Å²) in [6.07, 6.45) is 4.20. The fourth-order valence-corrected chi connectivity index (χ4v) is 5.72. The van der Waals surface area contributed by atoms with Crippen molar-refractivity contribution in [3.05, 3.63) is 33.9 Å². The second kappa shape index (κ2) is 13.3. The number of rotatable bonds is 15. The highest BCUT2D eigenvalue weighted by Gasteiger charge is 2.24. The number of hydrogen-bond acceptors (Lipinski definition) is 9. The highest BCUT2D eigenvalue weighted by atomic mass is 32.3. The molecule has 0 aromatic heterocycles. The fraction of sp³-hybridized carbons (Fsp3) is 0.667. The summed E-state index contributed by atoms with van der Waals surface area (Å²) in [5, 5.41) is 9.09. The molecule has 0 spiro atoms. The Morgan fingerprint density at radius 3 is 2.16 bits per heavy atom. The first-order chi connectivity index (χ1) is 14.9. The quantitative estimate of drug-likeness (QED) is 0.162. The number of methoxy groups -OCH3 is 1. The Kier molecular flexibility index (Phi) is 11.6. The van der Waals surface area contributed by atoms with Crippen LogP contribution in [0, 0.1) is 15.5 Å². The van der Waals surface area contributed by atoms with E-state index in [0.717, 1.165) is 5.75 Å². The van der Waals surface area contributed by atoms with Crippen LogP contribution in [-0.4, -0.2) is 76.1 Å². The molecule has 0 aliphatic carbocycles. The molecule has 0 heterocycles. The van der Waals surface area contributed by atoms with E-state index in [2.05, 4.69) is 38.1 Å². The van der Waals surface area contributed by atoms with Crippen LogP contribution in [0.2, 0.25) is 0 Å². The summed E-state index contributed by atoms with van der Waals surface area (Å²) in [6.45, 7) is 7.27. The van der Waals surface area contributed by atoms with Crippen molar-refractivity contribution in [3.8, 4) is 11.5 Å². The molecular weight excluding hydrogens is 442 g/mol. The standard InChI is InChI=1S/C21H35NO9S/c1-21(2,3)16-32(5,6)31-18-8-7-17(15-19(18)26-4)20(23)29-13-11-27-9-10-28-12-14-30-22(24)25/h7-8,15H,9-14,16H2,1-6H3. The molecule has 0 atom stereocenters. The van der Waals surface area contributed by atoms with Crippen LogP contribution in [0.15, 0.2) is 18.2 Å². The number of carbonyl (C=O) groups excluding carboxylic acids is 1. The Balaban J connectivity index is 2.42. The summed E-state index contributed by atoms with van der Waals surface area (Å²) in [5.41, 5.74) is 0.488. The van der Waals surface area contributed by atoms with E-state index in [4.69, 9.17) is 23.1 Å². The molecule has 0 radical (unpaired) electrons. The molecule has 11 heteroatoms. The molecule has 1 rings (SSSR count). The van der Waals surface area contributed by atoms with Gasteiger partial charge >= 0.3 is 5.97 Å². The summed E-state index contributed by atoms with van der Waals surface area (Å²) < 4.78 is 27.3. The van der Waals surface area contributed by atoms with Gasteiger partial charge in [0.1, 0.15) is 13.2 Å². The molecule has 0 unspecified atom stereocenters. The number of ether oxygens (including phenoxy) is 4. The van der Waals surface area contributed by atoms with Crippen LogP contribution in [0.3, 0.4) is 0 Å². The summed E-state index contributed by atoms with van der Waals surface area (Å²) >= 11 is 0. The first-order valence-electron chi connectivity index (χ1n) is 10.1. The third-order valence-electron chi connectivity index (χ3n) is 3.75. The van der Waals surface area contributed by atoms with Gasteiger partial charge in [-0.3, -0.25) is 0 Å². The second-order valence-electron chi connectivity index (χ2n) is 8.51. The molecule has 0 fully saturated rings. The van der Waals surface area contributed by atoms with Gasteiger partial charge < -0.3 is 28.0 Å². The molecule has 0 aliphatic rings. The highest BCUT2D eigenvalue weighted by Crippen LogP contribution is 2.48. The maximum Gasteiger partial charge on any atom is 0.338 e. The van der Waals surface area contributed by atoms with Gasteiger partial charge in [-0.25, -0.2) is 4.79 Å². The van der Waals surface area contributed by atoms with Crippen molar-refractivity contribution < 1.29 is 37.8 Å². The van der Waals surface area contributed by atoms with Gasteiger partial charge in [0.15, 0.2) is 11.5 Å². The smallest absolute Gasteiger partial charge is 0.338 e. The van der Waals surface area contributed by atoms with Crippen LogP contribution in [0.5, 0.6) is 11.5 Å². The van der Waals surface area contributed by atoms with E-state index in [9.17, 15) is 14.9 Å². The Morgan fingerprint density at radius 2 is 1.59 bits per heavy atom. The molecule has 1 aromatic rings. The van der Waals surface area contributed by atoms with Crippen LogP contribution >= 0.6 is 10.3 Å². The number of nitrogens with zero attached hydrogens (tertiary/aromatic N) is 1. The van der Waals surface area contributed by atoms with Gasteiger partial charge in [-0.15, -0.1) is 10.1 Å². The van der Waals surface area contributed by atoms with Gasteiger partial charge in [0.25, 0.3) is 5.09 Å². The van der Waals surface area contributed by atoms with Crippen LogP contribution in [0.1, 0.15) is 31.1 Å². The lowest BCUT2D eigenvalue weighted by atomic mass is 10.0. The highest BCUT2D eigenvalue weighted by molar-refractivity contribution is 8.29. The van der Waals surface area contributed by atoms with Gasteiger partial charge in [0.05, 0.1) is 39.1 Å². The zero-order valence-corrected chi connectivity index (χ0v) is 20.5. The lowest BCUT2D eigenvalue weighted by Crippen LogP contribution is -2.21. The first-order valence-corrected chi connectivity index (χ1v) is 12.7. The van der Waals surface area contributed by atoms with E-state index in [-0.39, 0.29) is 45.1 Å². The predicted octanol–water partition coefficient (Wildman–Crippen LogP) is 3.50. The van der Waals surface area contributed by atoms with E-state index < -0.39 is 21.4 Å². The lowest BCUT2D eigenvalue weighted by Gasteiger charge is -2.37. The minimum Gasteiger partial charge on any atom is -0.493 e. The zero-order chi connectivity index (χ0) is 24.2. The number of hydrogen-bond donors (Lipinski definition) is 0. The molecule has 0 aliphatic heterocycles. The largest absolute Gasteiger partial charge is 0.493 e. The third kappa shape index (κ3) is 12.0. The van der Waals surface area contributed by atoms with Crippen molar-refractivity contribution in [1.82, 2.24) is 0 Å². The number of esters is 1. The summed E-state index contributed by atoms with van der Waals surface area (Å²) in [4.78, 5) is 26.4. The molecule has 32 heavy (non-hydrogen) atoms. The van der Waals surface area contributed by atoms with Crippen molar-refractivity contribution in [1.29, 1.82) is 0 Å². The Hall–Kier alpha value is -2.24. The third-order valence-corrected chi connectivity index (χ3v) is 5.94. The Labute approximate surface area is 191 Å². The molecule has 0 saturated heterocycles. The van der Waals surface area contributed by atoms with Crippen molar-refractivity contribution in [2.75, 3.05) is 65.0 Å². The van der Waals surface area contributed by atoms with Crippen molar-refractivity contribution in [2.45, 2.75) is 20.8 Å². The minimum absolute atomic E-state index is 0.0760. The topological polar surface area (TPSA) is 116 Å². The van der Waals surface area contributed by atoms with E-state index in [0.29, 0.717) is 17.1 Å². The van der Waals surface area contributed by atoms with E-state index in [1.165, 1.54) is 7.11 Å². The number of benzene rings is 1. The van der Waals surface area contributed by atoms with Crippen molar-refractivity contribution >= 4 is 16.3 Å². The van der Waals surface area contributed by atoms with Gasteiger partial charge in [-0.1, -0.05) is 31.1 Å². The molecule has 0 amide bonds. The van der Waals surface area contributed by atoms with Gasteiger partial charge in [-0.05, 0) is 36.1 Å². The van der Waals surface area contributed by atoms with Gasteiger partial charge in [0.2, 0.25) is 0 Å². The summed E-state index contributed by atoms with van der Waals surface area (Å²) in [6, 6.07) is 4.98. The predicted molar refractivity (Wildman–Crippen MR) is 122 cm³/mol. The van der Waals surface area contributed by atoms with Crippen LogP contribution < -0.4 is 8.92 Å². The summed E-state index contributed by atoms with van der Waals surface area (Å²) in [5.74, 6) is 1.50. The van der Waals surface area contributed by atoms with E-state index >= 15 is 0 Å². The summed E-state index contributed by atoms with van der Waals surface area (Å²) in [7, 11) is 0.178. The molecule has 0 bridgehead atoms. The van der Waals surface area contributed by atoms with Gasteiger partial charge in [-0.2, -0.15) is 0 Å². The minimum atomic E-state index is -1.35. The molecule has 0 saturated carbocycles. The number of carbonyl (C=O) groups is 1. The normalized spacial score (nSPS) is 12.2. The van der Waals surface area contributed by atoms with E-state index in [1.54, 1.807) is 18.2 Å². The molecule has 184 valence electrons. The molecule has 1 aromatic carbocycles. The van der Waals surface area contributed by atoms with Crippen molar-refractivity contribution in [3.63, 3.8) is 0 Å². The Morgan fingerprint density at radius 1 is 1.00 bits per heavy atom. The van der Waals surface area contributed by atoms with Crippen LogP contribution in [0.25, 0.3) is 0 Å². The average molecular weight is 478 g/mol. The lowest BCUT2D eigenvalue weighted by molar-refractivity contribution is -0.758. The van der Waals surface area contributed by atoms with Crippen LogP contribution in [0.4, 0.5) is 0 Å². The zero-order valence-electron chi connectivity index (χ0n) is 19.7. The molecule has 0 N–H and O–H groups in total. The average Bonchev–Trinajstić information content (AvgIpc) is 2.67. The van der Waals surface area contributed by atoms with Gasteiger partial charge in [0, 0.05) is 5.75 Å². The fourth-order valence-electron chi connectivity index (χ4n) is 2.95. The molecular formula is C21H35NO9S. The monoisotopic (exact) mass is 477 g/mol. The maximum absolute atomic E-state index is 12.3. The van der Waals surface area contributed by atoms with Crippen LogP contribution in [-0.2, 0) is 19.0 Å². The maximum atomic E-state index is 12.3. The second-order valence-corrected chi connectivity index (χ2v) is 11.8.